The zero-order valence-electron chi connectivity index (χ0n) is 7.28. The minimum Gasteiger partial charge on any atom is -0.506 e. The fourth-order valence-electron chi connectivity index (χ4n) is 0.977. The summed E-state index contributed by atoms with van der Waals surface area (Å²) >= 11 is 5.18. The number of aromatic hydroxyl groups is 1. The molecule has 0 saturated heterocycles. The second kappa shape index (κ2) is 4.11. The van der Waals surface area contributed by atoms with E-state index in [0.29, 0.717) is 0 Å². The summed E-state index contributed by atoms with van der Waals surface area (Å²) in [5.41, 5.74) is -0.200. The van der Waals surface area contributed by atoms with Crippen LogP contribution >= 0.6 is 11.6 Å². The van der Waals surface area contributed by atoms with E-state index in [9.17, 15) is 14.7 Å². The average molecular weight is 215 g/mol. The van der Waals surface area contributed by atoms with Crippen LogP contribution in [0.1, 0.15) is 20.7 Å². The molecule has 0 fully saturated rings. The van der Waals surface area contributed by atoms with Crippen LogP contribution in [0, 0.1) is 0 Å². The number of rotatable bonds is 2. The van der Waals surface area contributed by atoms with E-state index >= 15 is 0 Å². The van der Waals surface area contributed by atoms with Gasteiger partial charge in [0.25, 0.3) is 5.24 Å². The Morgan fingerprint density at radius 2 is 1.93 bits per heavy atom. The van der Waals surface area contributed by atoms with E-state index in [-0.39, 0.29) is 11.1 Å². The number of para-hydroxylation sites is 1. The Morgan fingerprint density at radius 3 is 2.43 bits per heavy atom. The number of carbonyl (C=O) groups is 2. The zero-order chi connectivity index (χ0) is 10.7. The molecule has 1 N–H and O–H groups in total. The summed E-state index contributed by atoms with van der Waals surface area (Å²) in [5, 5.41) is 8.63. The SMILES string of the molecule is COC(=O)c1cccc(C(=O)Cl)c1O. The van der Waals surface area contributed by atoms with Gasteiger partial charge >= 0.3 is 5.97 Å². The Bertz CT molecular complexity index is 386. The van der Waals surface area contributed by atoms with Crippen molar-refractivity contribution >= 4 is 22.8 Å². The number of hydrogen-bond donors (Lipinski definition) is 1. The first-order chi connectivity index (χ1) is 6.57. The van der Waals surface area contributed by atoms with Gasteiger partial charge in [0.2, 0.25) is 0 Å². The van der Waals surface area contributed by atoms with Gasteiger partial charge in [0, 0.05) is 0 Å². The zero-order valence-corrected chi connectivity index (χ0v) is 8.04. The van der Waals surface area contributed by atoms with E-state index in [0.717, 1.165) is 0 Å². The molecular weight excluding hydrogens is 208 g/mol. The van der Waals surface area contributed by atoms with Crippen LogP contribution < -0.4 is 0 Å². The van der Waals surface area contributed by atoms with E-state index in [1.807, 2.05) is 0 Å². The number of phenols is 1. The van der Waals surface area contributed by atoms with Crippen LogP contribution in [0.4, 0.5) is 0 Å². The van der Waals surface area contributed by atoms with Gasteiger partial charge in [-0.2, -0.15) is 0 Å². The Kier molecular flexibility index (Phi) is 3.09. The predicted molar refractivity (Wildman–Crippen MR) is 49.6 cm³/mol. The highest BCUT2D eigenvalue weighted by Crippen LogP contribution is 2.24. The summed E-state index contributed by atoms with van der Waals surface area (Å²) < 4.78 is 4.40. The van der Waals surface area contributed by atoms with E-state index < -0.39 is 17.0 Å². The summed E-state index contributed by atoms with van der Waals surface area (Å²) in [6.45, 7) is 0. The van der Waals surface area contributed by atoms with Crippen LogP contribution in [0.15, 0.2) is 18.2 Å². The number of phenolic OH excluding ortho intramolecular Hbond substituents is 1. The molecule has 14 heavy (non-hydrogen) atoms. The fraction of sp³-hybridized carbons (Fsp3) is 0.111. The van der Waals surface area contributed by atoms with Crippen molar-refractivity contribution in [1.29, 1.82) is 0 Å². The Morgan fingerprint density at radius 1 is 1.36 bits per heavy atom. The molecule has 0 saturated carbocycles. The summed E-state index contributed by atoms with van der Waals surface area (Å²) in [6, 6.07) is 4.09. The fourth-order valence-corrected chi connectivity index (χ4v) is 1.13. The van der Waals surface area contributed by atoms with Gasteiger partial charge in [0.05, 0.1) is 12.7 Å². The molecule has 0 bridgehead atoms. The third kappa shape index (κ3) is 1.85. The standard InChI is InChI=1S/C9H7ClO4/c1-14-9(13)6-4-2-3-5(7(6)11)8(10)12/h2-4,11H,1H3. The lowest BCUT2D eigenvalue weighted by Gasteiger charge is -2.04. The van der Waals surface area contributed by atoms with Gasteiger partial charge in [-0.1, -0.05) is 6.07 Å². The van der Waals surface area contributed by atoms with Gasteiger partial charge < -0.3 is 9.84 Å². The Balaban J connectivity index is 3.27. The molecule has 0 aliphatic rings. The number of halogens is 1. The molecule has 0 aromatic heterocycles. The average Bonchev–Trinajstić information content (AvgIpc) is 2.16. The van der Waals surface area contributed by atoms with Crippen molar-refractivity contribution in [2.45, 2.75) is 0 Å². The van der Waals surface area contributed by atoms with Gasteiger partial charge in [0.1, 0.15) is 11.3 Å². The van der Waals surface area contributed by atoms with Gasteiger partial charge in [-0.15, -0.1) is 0 Å². The molecule has 0 spiro atoms. The maximum atomic E-state index is 11.1. The van der Waals surface area contributed by atoms with Crippen molar-refractivity contribution in [3.05, 3.63) is 29.3 Å². The highest BCUT2D eigenvalue weighted by Gasteiger charge is 2.17. The number of methoxy groups -OCH3 is 1. The van der Waals surface area contributed by atoms with E-state index in [1.54, 1.807) is 0 Å². The number of ether oxygens (including phenoxy) is 1. The summed E-state index contributed by atoms with van der Waals surface area (Å²) in [4.78, 5) is 21.9. The lowest BCUT2D eigenvalue weighted by atomic mass is 10.1. The third-order valence-corrected chi connectivity index (χ3v) is 1.86. The van der Waals surface area contributed by atoms with E-state index in [1.165, 1.54) is 25.3 Å². The maximum Gasteiger partial charge on any atom is 0.341 e. The molecular formula is C9H7ClO4. The number of esters is 1. The summed E-state index contributed by atoms with van der Waals surface area (Å²) in [5.74, 6) is -1.18. The molecule has 1 aromatic rings. The molecule has 5 heteroatoms. The van der Waals surface area contributed by atoms with Crippen LogP contribution in [0.2, 0.25) is 0 Å². The largest absolute Gasteiger partial charge is 0.506 e. The smallest absolute Gasteiger partial charge is 0.341 e. The van der Waals surface area contributed by atoms with E-state index in [4.69, 9.17) is 11.6 Å². The molecule has 4 nitrogen and oxygen atoms in total. The predicted octanol–water partition coefficient (Wildman–Crippen LogP) is 1.56. The quantitative estimate of drug-likeness (QED) is 0.599. The maximum absolute atomic E-state index is 11.1. The normalized spacial score (nSPS) is 9.57. The molecule has 0 heterocycles. The number of carbonyl (C=O) groups excluding carboxylic acids is 2. The lowest BCUT2D eigenvalue weighted by molar-refractivity contribution is 0.0597. The minimum atomic E-state index is -0.826. The van der Waals surface area contributed by atoms with Crippen LogP contribution in [0.25, 0.3) is 0 Å². The van der Waals surface area contributed by atoms with Gasteiger partial charge in [0.15, 0.2) is 0 Å². The van der Waals surface area contributed by atoms with Crippen LogP contribution in [-0.4, -0.2) is 23.4 Å². The second-order valence-electron chi connectivity index (χ2n) is 2.47. The van der Waals surface area contributed by atoms with Crippen molar-refractivity contribution < 1.29 is 19.4 Å². The molecule has 0 radical (unpaired) electrons. The second-order valence-corrected chi connectivity index (χ2v) is 2.81. The lowest BCUT2D eigenvalue weighted by Crippen LogP contribution is -2.03. The Labute approximate surface area is 85.1 Å². The molecule has 74 valence electrons. The Hall–Kier alpha value is -1.55. The molecule has 0 aliphatic carbocycles. The van der Waals surface area contributed by atoms with Crippen molar-refractivity contribution in [2.75, 3.05) is 7.11 Å². The first-order valence-corrected chi connectivity index (χ1v) is 4.06. The van der Waals surface area contributed by atoms with Crippen LogP contribution in [0.5, 0.6) is 5.75 Å². The molecule has 0 atom stereocenters. The molecule has 0 aliphatic heterocycles. The molecule has 0 amide bonds. The highest BCUT2D eigenvalue weighted by molar-refractivity contribution is 6.68. The first kappa shape index (κ1) is 10.5. The molecule has 0 unspecified atom stereocenters. The van der Waals surface area contributed by atoms with Gasteiger partial charge in [-0.3, -0.25) is 4.79 Å². The van der Waals surface area contributed by atoms with Crippen molar-refractivity contribution in [3.63, 3.8) is 0 Å². The number of hydrogen-bond acceptors (Lipinski definition) is 4. The number of benzene rings is 1. The summed E-state index contributed by atoms with van der Waals surface area (Å²) in [7, 11) is 1.18. The van der Waals surface area contributed by atoms with Gasteiger partial charge in [-0.05, 0) is 23.7 Å². The monoisotopic (exact) mass is 214 g/mol. The topological polar surface area (TPSA) is 63.6 Å². The highest BCUT2D eigenvalue weighted by atomic mass is 35.5. The van der Waals surface area contributed by atoms with Crippen molar-refractivity contribution in [2.24, 2.45) is 0 Å². The van der Waals surface area contributed by atoms with Crippen LogP contribution in [0.3, 0.4) is 0 Å². The van der Waals surface area contributed by atoms with Gasteiger partial charge in [-0.25, -0.2) is 4.79 Å². The molecule has 1 rings (SSSR count). The molecule has 1 aromatic carbocycles. The van der Waals surface area contributed by atoms with Crippen LogP contribution in [-0.2, 0) is 4.74 Å². The minimum absolute atomic E-state index is 0.0843. The third-order valence-electron chi connectivity index (χ3n) is 1.65. The summed E-state index contributed by atoms with van der Waals surface area (Å²) in [6.07, 6.45) is 0. The van der Waals surface area contributed by atoms with E-state index in [2.05, 4.69) is 4.74 Å². The van der Waals surface area contributed by atoms with Crippen molar-refractivity contribution in [3.8, 4) is 5.75 Å². The van der Waals surface area contributed by atoms with Crippen molar-refractivity contribution in [1.82, 2.24) is 0 Å². The first-order valence-electron chi connectivity index (χ1n) is 3.68.